The van der Waals surface area contributed by atoms with Crippen molar-refractivity contribution in [3.05, 3.63) is 101 Å². The van der Waals surface area contributed by atoms with E-state index < -0.39 is 25.5 Å². The van der Waals surface area contributed by atoms with Crippen LogP contribution in [0.25, 0.3) is 54.8 Å². The maximum absolute atomic E-state index is 8.74. The Morgan fingerprint density at radius 1 is 0.811 bits per heavy atom. The predicted octanol–water partition coefficient (Wildman–Crippen LogP) is 10.2. The lowest BCUT2D eigenvalue weighted by Crippen LogP contribution is -2.09. The molecule has 6 rings (SSSR count). The molecule has 2 nitrogen and oxygen atoms in total. The SMILES string of the molecule is [2H]C([2H])([2H])c1cnc(-c2cccc3c2oc2c(-c4cccs4)cccc23)cc1-c1ccc(C([2H])([2H])C(C)(C)C)cc1C([2H])([2H])[2H]. The van der Waals surface area contributed by atoms with Gasteiger partial charge in [-0.05, 0) is 83.0 Å². The molecule has 6 aromatic rings. The zero-order valence-corrected chi connectivity index (χ0v) is 21.7. The number of fused-ring (bicyclic) bond motifs is 3. The minimum atomic E-state index is -2.65. The van der Waals surface area contributed by atoms with Crippen LogP contribution in [0.1, 0.15) is 48.4 Å². The van der Waals surface area contributed by atoms with Crippen LogP contribution in [-0.2, 0) is 6.37 Å². The number of nitrogens with zero attached hydrogens (tertiary/aromatic N) is 1. The molecule has 3 aromatic heterocycles. The van der Waals surface area contributed by atoms with Crippen molar-refractivity contribution >= 4 is 33.3 Å². The summed E-state index contributed by atoms with van der Waals surface area (Å²) in [7, 11) is 0. The molecule has 0 amide bonds. The Morgan fingerprint density at radius 3 is 2.27 bits per heavy atom. The molecule has 0 aliphatic heterocycles. The monoisotopic (exact) mass is 509 g/mol. The summed E-state index contributed by atoms with van der Waals surface area (Å²) in [6.07, 6.45) is -0.567. The molecule has 0 saturated carbocycles. The van der Waals surface area contributed by atoms with E-state index in [9.17, 15) is 0 Å². The Balaban J connectivity index is 1.60. The summed E-state index contributed by atoms with van der Waals surface area (Å²) in [4.78, 5) is 5.63. The van der Waals surface area contributed by atoms with Gasteiger partial charge in [0, 0.05) is 43.9 Å². The number of aromatic nitrogens is 1. The Bertz CT molecular complexity index is 2050. The fraction of sp³-hybridized carbons (Fsp3) is 0.206. The third-order valence-electron chi connectivity index (χ3n) is 6.32. The number of hydrogen-bond acceptors (Lipinski definition) is 3. The van der Waals surface area contributed by atoms with E-state index in [2.05, 4.69) is 4.98 Å². The highest BCUT2D eigenvalue weighted by atomic mass is 32.1. The Morgan fingerprint density at radius 2 is 1.57 bits per heavy atom. The minimum absolute atomic E-state index is 0.0971. The fourth-order valence-electron chi connectivity index (χ4n) is 4.76. The number of aryl methyl sites for hydroxylation is 2. The van der Waals surface area contributed by atoms with E-state index in [-0.39, 0.29) is 27.8 Å². The first kappa shape index (κ1) is 16.2. The average molecular weight is 510 g/mol. The third kappa shape index (κ3) is 4.38. The summed E-state index contributed by atoms with van der Waals surface area (Å²) < 4.78 is 73.8. The van der Waals surface area contributed by atoms with Crippen LogP contribution in [0.2, 0.25) is 0 Å². The van der Waals surface area contributed by atoms with Gasteiger partial charge in [0.05, 0.1) is 5.69 Å². The van der Waals surface area contributed by atoms with Gasteiger partial charge in [-0.25, -0.2) is 0 Å². The molecule has 0 saturated heterocycles. The van der Waals surface area contributed by atoms with Crippen LogP contribution in [0, 0.1) is 19.1 Å². The zero-order valence-electron chi connectivity index (χ0n) is 28.8. The van der Waals surface area contributed by atoms with Crippen molar-refractivity contribution in [3.8, 4) is 32.8 Å². The molecule has 0 radical (unpaired) electrons. The number of benzene rings is 3. The van der Waals surface area contributed by atoms with E-state index in [0.717, 1.165) is 26.8 Å². The van der Waals surface area contributed by atoms with Crippen molar-refractivity contribution in [1.82, 2.24) is 4.98 Å². The van der Waals surface area contributed by atoms with E-state index in [0.29, 0.717) is 16.8 Å². The third-order valence-corrected chi connectivity index (χ3v) is 7.22. The highest BCUT2D eigenvalue weighted by molar-refractivity contribution is 7.13. The zero-order chi connectivity index (χ0) is 32.5. The summed E-state index contributed by atoms with van der Waals surface area (Å²) in [6.45, 7) is 0.0117. The fourth-order valence-corrected chi connectivity index (χ4v) is 5.51. The van der Waals surface area contributed by atoms with Crippen LogP contribution in [0.15, 0.2) is 88.8 Å². The van der Waals surface area contributed by atoms with E-state index >= 15 is 0 Å². The molecule has 37 heavy (non-hydrogen) atoms. The van der Waals surface area contributed by atoms with Crippen molar-refractivity contribution in [2.45, 2.75) is 40.8 Å². The van der Waals surface area contributed by atoms with Crippen LogP contribution in [0.3, 0.4) is 0 Å². The van der Waals surface area contributed by atoms with Crippen molar-refractivity contribution in [3.63, 3.8) is 0 Å². The standard InChI is InChI=1S/C34H31NOS/c1-21-17-23(19-34(3,4)5)14-15-24(21)29-18-30(35-20-22(29)2)27-11-6-9-25-26-10-7-12-28(31-13-8-16-37-31)33(26)36-32(25)27/h6-18,20H,19H2,1-5H3/i1D3,2D3,19D2. The van der Waals surface area contributed by atoms with Gasteiger partial charge in [0.2, 0.25) is 0 Å². The number of para-hydroxylation sites is 2. The molecule has 0 spiro atoms. The number of furan rings is 1. The molecule has 0 fully saturated rings. The summed E-state index contributed by atoms with van der Waals surface area (Å²) >= 11 is 1.62. The molecule has 0 unspecified atom stereocenters. The highest BCUT2D eigenvalue weighted by Gasteiger charge is 2.18. The summed E-state index contributed by atoms with van der Waals surface area (Å²) in [5.41, 5.74) is 2.90. The number of thiophene rings is 1. The lowest BCUT2D eigenvalue weighted by Gasteiger charge is -2.19. The van der Waals surface area contributed by atoms with Gasteiger partial charge in [-0.1, -0.05) is 69.3 Å². The highest BCUT2D eigenvalue weighted by Crippen LogP contribution is 2.41. The molecule has 0 aliphatic rings. The molecule has 0 bridgehead atoms. The first-order valence-electron chi connectivity index (χ1n) is 16.1. The van der Waals surface area contributed by atoms with Crippen LogP contribution in [-0.4, -0.2) is 4.98 Å². The minimum Gasteiger partial charge on any atom is -0.455 e. The second kappa shape index (κ2) is 9.00. The molecule has 3 heteroatoms. The molecule has 0 aliphatic carbocycles. The Labute approximate surface area is 233 Å². The summed E-state index contributed by atoms with van der Waals surface area (Å²) in [5.74, 6) is 0. The van der Waals surface area contributed by atoms with Crippen LogP contribution in [0.5, 0.6) is 0 Å². The molecular formula is C34H31NOS. The Kier molecular flexibility index (Phi) is 3.95. The summed E-state index contributed by atoms with van der Waals surface area (Å²) in [5, 5.41) is 3.82. The van der Waals surface area contributed by atoms with Gasteiger partial charge in [0.15, 0.2) is 0 Å². The summed E-state index contributed by atoms with van der Waals surface area (Å²) in [6, 6.07) is 21.8. The van der Waals surface area contributed by atoms with Gasteiger partial charge < -0.3 is 4.42 Å². The quantitative estimate of drug-likeness (QED) is 0.236. The van der Waals surface area contributed by atoms with Gasteiger partial charge in [-0.15, -0.1) is 11.3 Å². The van der Waals surface area contributed by atoms with Crippen LogP contribution in [0.4, 0.5) is 0 Å². The van der Waals surface area contributed by atoms with E-state index in [1.54, 1.807) is 44.2 Å². The second-order valence-corrected chi connectivity index (χ2v) is 11.1. The molecule has 0 N–H and O–H groups in total. The van der Waals surface area contributed by atoms with E-state index in [1.807, 2.05) is 53.9 Å². The molecule has 3 heterocycles. The molecule has 3 aromatic carbocycles. The topological polar surface area (TPSA) is 26.0 Å². The van der Waals surface area contributed by atoms with Gasteiger partial charge in [0.25, 0.3) is 0 Å². The van der Waals surface area contributed by atoms with Crippen molar-refractivity contribution in [1.29, 1.82) is 0 Å². The van der Waals surface area contributed by atoms with E-state index in [4.69, 9.17) is 15.4 Å². The molecular weight excluding hydrogens is 470 g/mol. The van der Waals surface area contributed by atoms with Crippen LogP contribution < -0.4 is 0 Å². The predicted molar refractivity (Wildman–Crippen MR) is 158 cm³/mol. The molecule has 184 valence electrons. The number of rotatable bonds is 4. The maximum atomic E-state index is 8.74. The van der Waals surface area contributed by atoms with Gasteiger partial charge in [-0.2, -0.15) is 0 Å². The molecule has 0 atom stereocenters. The van der Waals surface area contributed by atoms with E-state index in [1.165, 1.54) is 18.3 Å². The maximum Gasteiger partial charge on any atom is 0.144 e. The van der Waals surface area contributed by atoms with Crippen molar-refractivity contribution in [2.24, 2.45) is 5.41 Å². The lowest BCUT2D eigenvalue weighted by atomic mass is 9.86. The number of pyridine rings is 1. The van der Waals surface area contributed by atoms with Crippen molar-refractivity contribution in [2.75, 3.05) is 0 Å². The lowest BCUT2D eigenvalue weighted by molar-refractivity contribution is 0.411. The van der Waals surface area contributed by atoms with Gasteiger partial charge in [0.1, 0.15) is 11.2 Å². The smallest absolute Gasteiger partial charge is 0.144 e. The van der Waals surface area contributed by atoms with Crippen molar-refractivity contribution < 1.29 is 15.4 Å². The number of hydrogen-bond donors (Lipinski definition) is 0. The normalized spacial score (nSPS) is 16.3. The van der Waals surface area contributed by atoms with Crippen LogP contribution >= 0.6 is 11.3 Å². The first-order chi connectivity index (χ1) is 21.0. The van der Waals surface area contributed by atoms with Gasteiger partial charge in [-0.3, -0.25) is 4.98 Å². The van der Waals surface area contributed by atoms with Gasteiger partial charge >= 0.3 is 0 Å². The Hall–Kier alpha value is -3.69. The average Bonchev–Trinajstić information content (AvgIpc) is 3.63. The first-order valence-corrected chi connectivity index (χ1v) is 13.0. The second-order valence-electron chi connectivity index (χ2n) is 10.2. The largest absolute Gasteiger partial charge is 0.455 e.